The van der Waals surface area contributed by atoms with Crippen LogP contribution in [0.1, 0.15) is 24.0 Å². The van der Waals surface area contributed by atoms with Crippen LogP contribution in [-0.2, 0) is 10.8 Å². The molecule has 0 unspecified atom stereocenters. The van der Waals surface area contributed by atoms with Gasteiger partial charge in [-0.2, -0.15) is 13.2 Å². The van der Waals surface area contributed by atoms with E-state index in [1.54, 1.807) is 19.2 Å². The lowest BCUT2D eigenvalue weighted by atomic mass is 9.79. The number of aromatic nitrogens is 1. The standard InChI is InChI=1S/C18H19BF3NO4/c1-3-26-17-15(25-2)5-4-14(16(17)18(20,21)22)12-6-11(8-23-9-12)13-7-19(24)27-10-13/h4-6,8-9,13,24H,3,7,10H2,1-2H3/t13-/m1/s1. The van der Waals surface area contributed by atoms with Crippen molar-refractivity contribution in [2.24, 2.45) is 0 Å². The van der Waals surface area contributed by atoms with Gasteiger partial charge in [0.15, 0.2) is 11.5 Å². The molecule has 1 fully saturated rings. The third kappa shape index (κ3) is 4.04. The molecule has 2 heterocycles. The molecule has 1 aromatic heterocycles. The molecule has 0 aliphatic carbocycles. The first-order valence-corrected chi connectivity index (χ1v) is 8.51. The van der Waals surface area contributed by atoms with Gasteiger partial charge in [0, 0.05) is 30.5 Å². The maximum absolute atomic E-state index is 13.9. The van der Waals surface area contributed by atoms with E-state index in [1.807, 2.05) is 0 Å². The van der Waals surface area contributed by atoms with Gasteiger partial charge in [-0.25, -0.2) is 0 Å². The van der Waals surface area contributed by atoms with Crippen LogP contribution in [0.4, 0.5) is 13.2 Å². The van der Waals surface area contributed by atoms with Crippen LogP contribution in [0.2, 0.25) is 6.32 Å². The minimum absolute atomic E-state index is 0.0179. The SMILES string of the molecule is CCOc1c(OC)ccc(-c2cncc([C@H]3COB(O)C3)c2)c1C(F)(F)F. The van der Waals surface area contributed by atoms with Gasteiger partial charge in [-0.1, -0.05) is 0 Å². The lowest BCUT2D eigenvalue weighted by Gasteiger charge is -2.20. The Bertz CT molecular complexity index is 816. The fourth-order valence-electron chi connectivity index (χ4n) is 3.20. The van der Waals surface area contributed by atoms with Crippen molar-refractivity contribution in [3.8, 4) is 22.6 Å². The number of benzene rings is 1. The number of alkyl halides is 3. The molecule has 1 saturated heterocycles. The molecule has 1 N–H and O–H groups in total. The normalized spacial score (nSPS) is 17.3. The fourth-order valence-corrected chi connectivity index (χ4v) is 3.20. The summed E-state index contributed by atoms with van der Waals surface area (Å²) in [7, 11) is 0.431. The summed E-state index contributed by atoms with van der Waals surface area (Å²) in [6.07, 6.45) is -1.31. The Morgan fingerprint density at radius 2 is 2.11 bits per heavy atom. The van der Waals surface area contributed by atoms with Gasteiger partial charge in [0.05, 0.1) is 13.7 Å². The maximum Gasteiger partial charge on any atom is 0.454 e. The summed E-state index contributed by atoms with van der Waals surface area (Å²) in [4.78, 5) is 4.10. The summed E-state index contributed by atoms with van der Waals surface area (Å²) in [5.74, 6) is -0.439. The van der Waals surface area contributed by atoms with Gasteiger partial charge in [-0.05, 0) is 42.6 Å². The second-order valence-corrected chi connectivity index (χ2v) is 6.18. The van der Waals surface area contributed by atoms with Crippen molar-refractivity contribution in [3.63, 3.8) is 0 Å². The largest absolute Gasteiger partial charge is 0.493 e. The van der Waals surface area contributed by atoms with Gasteiger partial charge in [0.2, 0.25) is 0 Å². The number of hydrogen-bond donors (Lipinski definition) is 1. The first-order chi connectivity index (χ1) is 12.8. The lowest BCUT2D eigenvalue weighted by Crippen LogP contribution is -2.12. The summed E-state index contributed by atoms with van der Waals surface area (Å²) in [5, 5.41) is 9.53. The smallest absolute Gasteiger partial charge is 0.454 e. The number of pyridine rings is 1. The Morgan fingerprint density at radius 3 is 2.70 bits per heavy atom. The summed E-state index contributed by atoms with van der Waals surface area (Å²) >= 11 is 0. The van der Waals surface area contributed by atoms with Crippen molar-refractivity contribution in [1.82, 2.24) is 4.98 Å². The predicted octanol–water partition coefficient (Wildman–Crippen LogP) is 3.77. The Hall–Kier alpha value is -2.26. The predicted molar refractivity (Wildman–Crippen MR) is 93.9 cm³/mol. The van der Waals surface area contributed by atoms with Gasteiger partial charge >= 0.3 is 13.3 Å². The van der Waals surface area contributed by atoms with E-state index in [1.165, 1.54) is 25.4 Å². The van der Waals surface area contributed by atoms with E-state index in [2.05, 4.69) is 4.98 Å². The number of rotatable bonds is 5. The van der Waals surface area contributed by atoms with Crippen molar-refractivity contribution in [3.05, 3.63) is 41.7 Å². The number of halogens is 3. The fraction of sp³-hybridized carbons (Fsp3) is 0.389. The first-order valence-electron chi connectivity index (χ1n) is 8.51. The van der Waals surface area contributed by atoms with Crippen molar-refractivity contribution in [2.45, 2.75) is 25.3 Å². The van der Waals surface area contributed by atoms with Crippen LogP contribution in [0.15, 0.2) is 30.6 Å². The van der Waals surface area contributed by atoms with Gasteiger partial charge < -0.3 is 19.2 Å². The third-order valence-electron chi connectivity index (χ3n) is 4.43. The highest BCUT2D eigenvalue weighted by Crippen LogP contribution is 2.47. The van der Waals surface area contributed by atoms with Crippen LogP contribution in [-0.4, -0.2) is 37.4 Å². The zero-order chi connectivity index (χ0) is 19.6. The molecule has 0 radical (unpaired) electrons. The lowest BCUT2D eigenvalue weighted by molar-refractivity contribution is -0.138. The van der Waals surface area contributed by atoms with Gasteiger partial charge in [-0.3, -0.25) is 4.98 Å². The van der Waals surface area contributed by atoms with Crippen molar-refractivity contribution in [1.29, 1.82) is 0 Å². The van der Waals surface area contributed by atoms with E-state index < -0.39 is 18.9 Å². The quantitative estimate of drug-likeness (QED) is 0.800. The summed E-state index contributed by atoms with van der Waals surface area (Å²) < 4.78 is 57.1. The first kappa shape index (κ1) is 19.5. The van der Waals surface area contributed by atoms with Crippen LogP contribution in [0.3, 0.4) is 0 Å². The van der Waals surface area contributed by atoms with Crippen LogP contribution in [0, 0.1) is 0 Å². The molecular formula is C18H19BF3NO4. The van der Waals surface area contributed by atoms with E-state index in [-0.39, 0.29) is 29.6 Å². The number of nitrogens with zero attached hydrogens (tertiary/aromatic N) is 1. The van der Waals surface area contributed by atoms with E-state index in [0.717, 1.165) is 0 Å². The second kappa shape index (κ2) is 7.78. The molecular weight excluding hydrogens is 362 g/mol. The molecule has 0 spiro atoms. The highest BCUT2D eigenvalue weighted by Gasteiger charge is 2.39. The zero-order valence-corrected chi connectivity index (χ0v) is 14.9. The van der Waals surface area contributed by atoms with E-state index in [0.29, 0.717) is 24.1 Å². The van der Waals surface area contributed by atoms with Crippen molar-refractivity contribution >= 4 is 7.12 Å². The minimum atomic E-state index is -4.64. The molecule has 1 aliphatic heterocycles. The Kier molecular flexibility index (Phi) is 5.62. The number of hydrogen-bond acceptors (Lipinski definition) is 5. The molecule has 2 aromatic rings. The second-order valence-electron chi connectivity index (χ2n) is 6.18. The monoisotopic (exact) mass is 381 g/mol. The average Bonchev–Trinajstić information content (AvgIpc) is 3.07. The highest BCUT2D eigenvalue weighted by atomic mass is 19.4. The average molecular weight is 381 g/mol. The molecule has 144 valence electrons. The molecule has 1 atom stereocenters. The molecule has 27 heavy (non-hydrogen) atoms. The Labute approximate surface area is 155 Å². The molecule has 1 aliphatic rings. The van der Waals surface area contributed by atoms with Crippen molar-refractivity contribution < 1.29 is 32.3 Å². The molecule has 0 saturated carbocycles. The van der Waals surface area contributed by atoms with Gasteiger partial charge in [-0.15, -0.1) is 0 Å². The van der Waals surface area contributed by atoms with Crippen LogP contribution in [0.5, 0.6) is 11.5 Å². The summed E-state index contributed by atoms with van der Waals surface area (Å²) in [6, 6.07) is 4.45. The highest BCUT2D eigenvalue weighted by molar-refractivity contribution is 6.43. The molecule has 9 heteroatoms. The Morgan fingerprint density at radius 1 is 1.33 bits per heavy atom. The maximum atomic E-state index is 13.9. The van der Waals surface area contributed by atoms with Crippen LogP contribution < -0.4 is 9.47 Å². The summed E-state index contributed by atoms with van der Waals surface area (Å²) in [6.45, 7) is 1.98. The van der Waals surface area contributed by atoms with Gasteiger partial charge in [0.25, 0.3) is 0 Å². The number of ether oxygens (including phenoxy) is 2. The van der Waals surface area contributed by atoms with E-state index >= 15 is 0 Å². The van der Waals surface area contributed by atoms with Crippen molar-refractivity contribution in [2.75, 3.05) is 20.3 Å². The molecule has 3 rings (SSSR count). The van der Waals surface area contributed by atoms with Gasteiger partial charge in [0.1, 0.15) is 5.56 Å². The third-order valence-corrected chi connectivity index (χ3v) is 4.43. The van der Waals surface area contributed by atoms with E-state index in [9.17, 15) is 18.2 Å². The van der Waals surface area contributed by atoms with E-state index in [4.69, 9.17) is 14.1 Å². The number of methoxy groups -OCH3 is 1. The zero-order valence-electron chi connectivity index (χ0n) is 14.9. The minimum Gasteiger partial charge on any atom is -0.493 e. The van der Waals surface area contributed by atoms with Crippen LogP contribution >= 0.6 is 0 Å². The Balaban J connectivity index is 2.12. The molecule has 1 aromatic carbocycles. The molecule has 5 nitrogen and oxygen atoms in total. The summed E-state index contributed by atoms with van der Waals surface area (Å²) in [5.41, 5.74) is 0.0849. The topological polar surface area (TPSA) is 60.8 Å². The van der Waals surface area contributed by atoms with Crippen LogP contribution in [0.25, 0.3) is 11.1 Å². The molecule has 0 amide bonds. The molecule has 0 bridgehead atoms.